The van der Waals surface area contributed by atoms with Gasteiger partial charge in [0, 0.05) is 57.0 Å². The van der Waals surface area contributed by atoms with Crippen molar-refractivity contribution in [3.05, 3.63) is 29.3 Å². The number of aliphatic imine (C=N–C) groups is 1. The molecular formula is C25H40N4O3. The van der Waals surface area contributed by atoms with E-state index in [4.69, 9.17) is 14.2 Å². The van der Waals surface area contributed by atoms with E-state index in [0.717, 1.165) is 69.5 Å². The van der Waals surface area contributed by atoms with E-state index in [9.17, 15) is 0 Å². The molecule has 4 rings (SSSR count). The zero-order chi connectivity index (χ0) is 22.2. The molecule has 1 atom stereocenters. The number of rotatable bonds is 8. The molecule has 0 aliphatic carbocycles. The maximum Gasteiger partial charge on any atom is 0.191 e. The molecule has 1 aromatic rings. The lowest BCUT2D eigenvalue weighted by molar-refractivity contribution is -0.0164. The van der Waals surface area contributed by atoms with Crippen LogP contribution in [0, 0.1) is 12.8 Å². The Labute approximate surface area is 192 Å². The fourth-order valence-electron chi connectivity index (χ4n) is 5.06. The van der Waals surface area contributed by atoms with Gasteiger partial charge < -0.3 is 24.8 Å². The van der Waals surface area contributed by atoms with Crippen LogP contribution < -0.4 is 15.4 Å². The van der Waals surface area contributed by atoms with Gasteiger partial charge in [0.15, 0.2) is 5.96 Å². The Hall–Kier alpha value is -1.83. The summed E-state index contributed by atoms with van der Waals surface area (Å²) in [6, 6.07) is 6.43. The van der Waals surface area contributed by atoms with Crippen LogP contribution in [0.25, 0.3) is 0 Å². The van der Waals surface area contributed by atoms with E-state index < -0.39 is 0 Å². The summed E-state index contributed by atoms with van der Waals surface area (Å²) < 4.78 is 17.4. The van der Waals surface area contributed by atoms with Gasteiger partial charge >= 0.3 is 0 Å². The van der Waals surface area contributed by atoms with Crippen molar-refractivity contribution in [3.8, 4) is 5.75 Å². The van der Waals surface area contributed by atoms with Gasteiger partial charge in [0.25, 0.3) is 0 Å². The van der Waals surface area contributed by atoms with Crippen LogP contribution in [0.3, 0.4) is 0 Å². The molecule has 0 spiro atoms. The number of aryl methyl sites for hydroxylation is 1. The van der Waals surface area contributed by atoms with E-state index in [1.54, 1.807) is 0 Å². The van der Waals surface area contributed by atoms with Crippen LogP contribution >= 0.6 is 0 Å². The molecular weight excluding hydrogens is 404 g/mol. The van der Waals surface area contributed by atoms with Crippen molar-refractivity contribution in [3.63, 3.8) is 0 Å². The summed E-state index contributed by atoms with van der Waals surface area (Å²) in [5.41, 5.74) is 2.53. The Bertz CT molecular complexity index is 752. The largest absolute Gasteiger partial charge is 0.493 e. The molecule has 3 aliphatic rings. The van der Waals surface area contributed by atoms with Gasteiger partial charge in [-0.25, -0.2) is 0 Å². The Kier molecular flexibility index (Phi) is 8.27. The first-order chi connectivity index (χ1) is 15.7. The maximum absolute atomic E-state index is 6.21. The quantitative estimate of drug-likeness (QED) is 0.475. The summed E-state index contributed by atoms with van der Waals surface area (Å²) >= 11 is 0. The highest BCUT2D eigenvalue weighted by molar-refractivity contribution is 5.79. The number of nitrogens with one attached hydrogen (secondary N) is 2. The highest BCUT2D eigenvalue weighted by atomic mass is 16.5. The van der Waals surface area contributed by atoms with Crippen molar-refractivity contribution in [2.45, 2.75) is 51.1 Å². The van der Waals surface area contributed by atoms with Crippen LogP contribution in [0.1, 0.15) is 43.2 Å². The average molecular weight is 445 g/mol. The minimum Gasteiger partial charge on any atom is -0.493 e. The lowest BCUT2D eigenvalue weighted by Gasteiger charge is -2.45. The molecule has 32 heavy (non-hydrogen) atoms. The molecule has 3 saturated heterocycles. The molecule has 3 heterocycles. The molecule has 0 radical (unpaired) electrons. The summed E-state index contributed by atoms with van der Waals surface area (Å²) in [4.78, 5) is 7.16. The minimum atomic E-state index is 0.174. The standard InChI is InChI=1S/C25H40N4O3/c1-20-5-6-22(23(15-20)32-18-21-7-12-31-17-21)16-27-24(26-2)28-19-25(8-13-30-14-9-25)29-10-3-4-11-29/h5-6,15,21H,3-4,7-14,16-19H2,1-2H3,(H2,26,27,28). The first-order valence-corrected chi connectivity index (χ1v) is 12.3. The molecule has 1 aromatic carbocycles. The van der Waals surface area contributed by atoms with Gasteiger partial charge in [-0.05, 0) is 63.7 Å². The monoisotopic (exact) mass is 444 g/mol. The van der Waals surface area contributed by atoms with Crippen LogP contribution in [0.15, 0.2) is 23.2 Å². The maximum atomic E-state index is 6.21. The van der Waals surface area contributed by atoms with Crippen LogP contribution in [0.4, 0.5) is 0 Å². The summed E-state index contributed by atoms with van der Waals surface area (Å²) in [6.45, 7) is 10.1. The van der Waals surface area contributed by atoms with E-state index in [0.29, 0.717) is 19.1 Å². The molecule has 3 aliphatic heterocycles. The number of hydrogen-bond acceptors (Lipinski definition) is 5. The lowest BCUT2D eigenvalue weighted by atomic mass is 9.88. The molecule has 7 heteroatoms. The Morgan fingerprint density at radius 3 is 2.69 bits per heavy atom. The van der Waals surface area contributed by atoms with Gasteiger partial charge in [-0.3, -0.25) is 9.89 Å². The van der Waals surface area contributed by atoms with E-state index in [-0.39, 0.29) is 5.54 Å². The highest BCUT2D eigenvalue weighted by Crippen LogP contribution is 2.30. The normalized spacial score (nSPS) is 23.9. The predicted octanol–water partition coefficient (Wildman–Crippen LogP) is 2.72. The van der Waals surface area contributed by atoms with Crippen molar-refractivity contribution >= 4 is 5.96 Å². The topological polar surface area (TPSA) is 67.4 Å². The molecule has 3 fully saturated rings. The molecule has 1 unspecified atom stereocenters. The molecule has 0 amide bonds. The van der Waals surface area contributed by atoms with Gasteiger partial charge in [-0.15, -0.1) is 0 Å². The van der Waals surface area contributed by atoms with Crippen LogP contribution in [0.2, 0.25) is 0 Å². The highest BCUT2D eigenvalue weighted by Gasteiger charge is 2.39. The lowest BCUT2D eigenvalue weighted by Crippen LogP contribution is -2.58. The summed E-state index contributed by atoms with van der Waals surface area (Å²) in [7, 11) is 1.84. The van der Waals surface area contributed by atoms with E-state index in [1.807, 2.05) is 7.05 Å². The fourth-order valence-corrected chi connectivity index (χ4v) is 5.06. The second kappa shape index (κ2) is 11.3. The summed E-state index contributed by atoms with van der Waals surface area (Å²) in [5, 5.41) is 7.12. The van der Waals surface area contributed by atoms with Crippen LogP contribution in [-0.4, -0.2) is 76.1 Å². The molecule has 2 N–H and O–H groups in total. The van der Waals surface area contributed by atoms with Crippen molar-refractivity contribution in [2.75, 3.05) is 59.7 Å². The molecule has 7 nitrogen and oxygen atoms in total. The summed E-state index contributed by atoms with van der Waals surface area (Å²) in [5.74, 6) is 2.29. The average Bonchev–Trinajstić information content (AvgIpc) is 3.54. The van der Waals surface area contributed by atoms with Gasteiger partial charge in [0.05, 0.1) is 13.2 Å². The fraction of sp³-hybridized carbons (Fsp3) is 0.720. The first kappa shape index (κ1) is 23.3. The second-order valence-corrected chi connectivity index (χ2v) is 9.46. The van der Waals surface area contributed by atoms with Crippen molar-refractivity contribution < 1.29 is 14.2 Å². The van der Waals surface area contributed by atoms with Crippen LogP contribution in [-0.2, 0) is 16.0 Å². The zero-order valence-corrected chi connectivity index (χ0v) is 19.8. The van der Waals surface area contributed by atoms with E-state index in [1.165, 1.54) is 31.5 Å². The first-order valence-electron chi connectivity index (χ1n) is 12.3. The van der Waals surface area contributed by atoms with Gasteiger partial charge in [-0.1, -0.05) is 12.1 Å². The SMILES string of the molecule is CN=C(NCc1ccc(C)cc1OCC1CCOC1)NCC1(N2CCCC2)CCOCC1. The van der Waals surface area contributed by atoms with Crippen molar-refractivity contribution in [1.82, 2.24) is 15.5 Å². The zero-order valence-electron chi connectivity index (χ0n) is 19.8. The smallest absolute Gasteiger partial charge is 0.191 e. The van der Waals surface area contributed by atoms with E-state index >= 15 is 0 Å². The van der Waals surface area contributed by atoms with Crippen molar-refractivity contribution in [2.24, 2.45) is 10.9 Å². The molecule has 0 saturated carbocycles. The van der Waals surface area contributed by atoms with Crippen LogP contribution in [0.5, 0.6) is 5.75 Å². The number of ether oxygens (including phenoxy) is 3. The number of benzene rings is 1. The number of hydrogen-bond donors (Lipinski definition) is 2. The third-order valence-corrected chi connectivity index (χ3v) is 7.18. The number of guanidine groups is 1. The predicted molar refractivity (Wildman–Crippen MR) is 127 cm³/mol. The Balaban J connectivity index is 1.33. The summed E-state index contributed by atoms with van der Waals surface area (Å²) in [6.07, 6.45) is 5.85. The Morgan fingerprint density at radius 2 is 1.97 bits per heavy atom. The van der Waals surface area contributed by atoms with Gasteiger partial charge in [0.1, 0.15) is 5.75 Å². The Morgan fingerprint density at radius 1 is 1.16 bits per heavy atom. The number of likely N-dealkylation sites (tertiary alicyclic amines) is 1. The molecule has 178 valence electrons. The second-order valence-electron chi connectivity index (χ2n) is 9.46. The van der Waals surface area contributed by atoms with E-state index in [2.05, 4.69) is 45.6 Å². The van der Waals surface area contributed by atoms with Crippen molar-refractivity contribution in [1.29, 1.82) is 0 Å². The number of nitrogens with zero attached hydrogens (tertiary/aromatic N) is 2. The third kappa shape index (κ3) is 5.94. The minimum absolute atomic E-state index is 0.174. The third-order valence-electron chi connectivity index (χ3n) is 7.18. The van der Waals surface area contributed by atoms with Gasteiger partial charge in [-0.2, -0.15) is 0 Å². The molecule has 0 aromatic heterocycles. The molecule has 0 bridgehead atoms. The van der Waals surface area contributed by atoms with Gasteiger partial charge in [0.2, 0.25) is 0 Å².